The van der Waals surface area contributed by atoms with Gasteiger partial charge in [0.2, 0.25) is 0 Å². The molecule has 0 aliphatic heterocycles. The summed E-state index contributed by atoms with van der Waals surface area (Å²) in [6, 6.07) is 6.89. The van der Waals surface area contributed by atoms with Crippen LogP contribution < -0.4 is 4.74 Å². The minimum absolute atomic E-state index is 0.140. The van der Waals surface area contributed by atoms with E-state index in [9.17, 15) is 9.59 Å². The maximum Gasteiger partial charge on any atom is 0.323 e. The summed E-state index contributed by atoms with van der Waals surface area (Å²) in [5, 5.41) is 16.9. The molecule has 0 aliphatic rings. The van der Waals surface area contributed by atoms with Gasteiger partial charge in [-0.1, -0.05) is 5.21 Å². The molecule has 128 valence electrons. The minimum Gasteiger partial charge on any atom is -0.497 e. The van der Waals surface area contributed by atoms with Gasteiger partial charge in [0.25, 0.3) is 5.91 Å². The van der Waals surface area contributed by atoms with Crippen LogP contribution in [0.1, 0.15) is 30.0 Å². The summed E-state index contributed by atoms with van der Waals surface area (Å²) in [7, 11) is 1.58. The third-order valence-corrected chi connectivity index (χ3v) is 3.60. The Labute approximate surface area is 139 Å². The Balaban J connectivity index is 2.33. The van der Waals surface area contributed by atoms with Crippen LogP contribution in [0.4, 0.5) is 0 Å². The molecule has 0 fully saturated rings. The number of nitrogens with zero attached hydrogens (tertiary/aromatic N) is 4. The zero-order valence-corrected chi connectivity index (χ0v) is 14.1. The molecule has 8 nitrogen and oxygen atoms in total. The topological polar surface area (TPSA) is 97.5 Å². The van der Waals surface area contributed by atoms with Crippen LogP contribution in [0.25, 0.3) is 5.69 Å². The number of aromatic nitrogens is 3. The van der Waals surface area contributed by atoms with Crippen LogP contribution in [0.5, 0.6) is 5.75 Å². The van der Waals surface area contributed by atoms with Gasteiger partial charge < -0.3 is 14.7 Å². The van der Waals surface area contributed by atoms with Gasteiger partial charge in [-0.2, -0.15) is 0 Å². The Morgan fingerprint density at radius 2 is 1.92 bits per heavy atom. The summed E-state index contributed by atoms with van der Waals surface area (Å²) in [6.07, 6.45) is 0. The summed E-state index contributed by atoms with van der Waals surface area (Å²) in [6.45, 7) is 4.84. The second-order valence-corrected chi connectivity index (χ2v) is 5.55. The average Bonchev–Trinajstić information content (AvgIpc) is 2.93. The maximum atomic E-state index is 12.6. The van der Waals surface area contributed by atoms with Crippen LogP contribution in [-0.4, -0.2) is 56.6 Å². The van der Waals surface area contributed by atoms with Crippen LogP contribution in [0.3, 0.4) is 0 Å². The summed E-state index contributed by atoms with van der Waals surface area (Å²) >= 11 is 0. The SMILES string of the molecule is COc1ccc(-n2nnc(C(=O)N(CC(=O)O)C(C)C)c2C)cc1. The molecule has 8 heteroatoms. The molecule has 1 aromatic heterocycles. The predicted molar refractivity (Wildman–Crippen MR) is 86.5 cm³/mol. The predicted octanol–water partition coefficient (Wildman–Crippen LogP) is 1.52. The minimum atomic E-state index is -1.07. The largest absolute Gasteiger partial charge is 0.497 e. The molecule has 0 bridgehead atoms. The Morgan fingerprint density at radius 1 is 1.29 bits per heavy atom. The molecular formula is C16H20N4O4. The first-order chi connectivity index (χ1) is 11.3. The average molecular weight is 332 g/mol. The van der Waals surface area contributed by atoms with Gasteiger partial charge >= 0.3 is 5.97 Å². The Morgan fingerprint density at radius 3 is 2.42 bits per heavy atom. The Kier molecular flexibility index (Phi) is 5.18. The highest BCUT2D eigenvalue weighted by molar-refractivity contribution is 5.95. The van der Waals surface area contributed by atoms with E-state index < -0.39 is 11.9 Å². The van der Waals surface area contributed by atoms with E-state index >= 15 is 0 Å². The van der Waals surface area contributed by atoms with Gasteiger partial charge in [0.1, 0.15) is 12.3 Å². The molecule has 0 saturated carbocycles. The molecule has 1 heterocycles. The Hall–Kier alpha value is -2.90. The standard InChI is InChI=1S/C16H20N4O4/c1-10(2)19(9-14(21)22)16(23)15-11(3)20(18-17-15)12-5-7-13(24-4)8-6-12/h5-8,10H,9H2,1-4H3,(H,21,22). The van der Waals surface area contributed by atoms with Crippen LogP contribution in [0.15, 0.2) is 24.3 Å². The number of carbonyl (C=O) groups excluding carboxylic acids is 1. The highest BCUT2D eigenvalue weighted by Crippen LogP contribution is 2.18. The van der Waals surface area contributed by atoms with Crippen molar-refractivity contribution in [3.8, 4) is 11.4 Å². The van der Waals surface area contributed by atoms with E-state index in [1.807, 2.05) is 0 Å². The first-order valence-electron chi connectivity index (χ1n) is 7.44. The highest BCUT2D eigenvalue weighted by atomic mass is 16.5. The number of hydrogen-bond donors (Lipinski definition) is 1. The van der Waals surface area contributed by atoms with Gasteiger partial charge in [-0.05, 0) is 45.0 Å². The number of aliphatic carboxylic acids is 1. The van der Waals surface area contributed by atoms with Crippen LogP contribution in [0.2, 0.25) is 0 Å². The molecule has 0 unspecified atom stereocenters. The monoisotopic (exact) mass is 332 g/mol. The summed E-state index contributed by atoms with van der Waals surface area (Å²) in [5.74, 6) is -0.817. The smallest absolute Gasteiger partial charge is 0.323 e. The lowest BCUT2D eigenvalue weighted by atomic mass is 10.2. The van der Waals surface area contributed by atoms with E-state index in [1.54, 1.807) is 52.1 Å². The lowest BCUT2D eigenvalue weighted by Gasteiger charge is -2.24. The van der Waals surface area contributed by atoms with Crippen molar-refractivity contribution in [2.45, 2.75) is 26.8 Å². The van der Waals surface area contributed by atoms with Gasteiger partial charge in [0.05, 0.1) is 18.5 Å². The van der Waals surface area contributed by atoms with E-state index in [1.165, 1.54) is 9.58 Å². The molecule has 1 aromatic carbocycles. The number of carboxylic acid groups (broad SMARTS) is 1. The lowest BCUT2D eigenvalue weighted by Crippen LogP contribution is -2.41. The second-order valence-electron chi connectivity index (χ2n) is 5.55. The fourth-order valence-corrected chi connectivity index (χ4v) is 2.27. The normalized spacial score (nSPS) is 10.7. The lowest BCUT2D eigenvalue weighted by molar-refractivity contribution is -0.138. The third kappa shape index (κ3) is 3.53. The summed E-state index contributed by atoms with van der Waals surface area (Å²) in [5.41, 5.74) is 1.41. The second kappa shape index (κ2) is 7.12. The number of hydrogen-bond acceptors (Lipinski definition) is 5. The van der Waals surface area contributed by atoms with Crippen molar-refractivity contribution >= 4 is 11.9 Å². The van der Waals surface area contributed by atoms with E-state index in [4.69, 9.17) is 9.84 Å². The molecule has 2 aromatic rings. The zero-order valence-electron chi connectivity index (χ0n) is 14.1. The number of rotatable bonds is 6. The first kappa shape index (κ1) is 17.5. The van der Waals surface area contributed by atoms with Gasteiger partial charge in [0.15, 0.2) is 5.69 Å². The van der Waals surface area contributed by atoms with Gasteiger partial charge in [-0.3, -0.25) is 9.59 Å². The molecule has 1 N–H and O–H groups in total. The van der Waals surface area contributed by atoms with Crippen LogP contribution >= 0.6 is 0 Å². The first-order valence-corrected chi connectivity index (χ1v) is 7.44. The summed E-state index contributed by atoms with van der Waals surface area (Å²) in [4.78, 5) is 24.8. The molecule has 24 heavy (non-hydrogen) atoms. The van der Waals surface area contributed by atoms with Gasteiger partial charge in [0, 0.05) is 6.04 Å². The molecule has 2 rings (SSSR count). The molecule has 1 amide bonds. The molecular weight excluding hydrogens is 312 g/mol. The van der Waals surface area contributed by atoms with E-state index in [0.717, 1.165) is 5.69 Å². The summed E-state index contributed by atoms with van der Waals surface area (Å²) < 4.78 is 6.65. The number of carboxylic acids is 1. The van der Waals surface area contributed by atoms with Crippen molar-refractivity contribution in [2.24, 2.45) is 0 Å². The fraction of sp³-hybridized carbons (Fsp3) is 0.375. The maximum absolute atomic E-state index is 12.6. The van der Waals surface area contributed by atoms with Gasteiger partial charge in [-0.15, -0.1) is 5.10 Å². The van der Waals surface area contributed by atoms with E-state index in [0.29, 0.717) is 11.4 Å². The number of benzene rings is 1. The van der Waals surface area contributed by atoms with E-state index in [2.05, 4.69) is 10.3 Å². The van der Waals surface area contributed by atoms with Crippen molar-refractivity contribution in [1.82, 2.24) is 19.9 Å². The van der Waals surface area contributed by atoms with Crippen LogP contribution in [0, 0.1) is 6.92 Å². The molecule has 0 spiro atoms. The molecule has 0 atom stereocenters. The van der Waals surface area contributed by atoms with Gasteiger partial charge in [-0.25, -0.2) is 4.68 Å². The number of amides is 1. The number of ether oxygens (including phenoxy) is 1. The zero-order chi connectivity index (χ0) is 17.9. The third-order valence-electron chi connectivity index (χ3n) is 3.60. The van der Waals surface area contributed by atoms with E-state index in [-0.39, 0.29) is 18.3 Å². The van der Waals surface area contributed by atoms with Crippen molar-refractivity contribution in [3.63, 3.8) is 0 Å². The molecule has 0 saturated heterocycles. The quantitative estimate of drug-likeness (QED) is 0.861. The van der Waals surface area contributed by atoms with Crippen molar-refractivity contribution < 1.29 is 19.4 Å². The molecule has 0 aliphatic carbocycles. The van der Waals surface area contributed by atoms with Crippen LogP contribution in [-0.2, 0) is 4.79 Å². The number of methoxy groups -OCH3 is 1. The fourth-order valence-electron chi connectivity index (χ4n) is 2.27. The number of carbonyl (C=O) groups is 2. The Bertz CT molecular complexity index is 737. The van der Waals surface area contributed by atoms with Crippen molar-refractivity contribution in [2.75, 3.05) is 13.7 Å². The molecule has 0 radical (unpaired) electrons. The van der Waals surface area contributed by atoms with Crippen molar-refractivity contribution in [3.05, 3.63) is 35.7 Å². The van der Waals surface area contributed by atoms with Crippen molar-refractivity contribution in [1.29, 1.82) is 0 Å². The highest BCUT2D eigenvalue weighted by Gasteiger charge is 2.26.